The summed E-state index contributed by atoms with van der Waals surface area (Å²) in [6.07, 6.45) is 3.22. The summed E-state index contributed by atoms with van der Waals surface area (Å²) in [5.41, 5.74) is 1.43. The standard InChI is InChI=1S/C18H13N3O2/c22-18(20-17-9-5-11-23-17)15-12-13-6-1-2-7-14(13)21(15)16-8-3-4-10-19-16/h1-12H,(H,20,22). The number of anilines is 1. The first-order valence-electron chi connectivity index (χ1n) is 7.20. The summed E-state index contributed by atoms with van der Waals surface area (Å²) < 4.78 is 7.03. The molecule has 0 unspecified atom stereocenters. The Hall–Kier alpha value is -3.34. The summed E-state index contributed by atoms with van der Waals surface area (Å²) in [6, 6.07) is 18.7. The average molecular weight is 303 g/mol. The van der Waals surface area contributed by atoms with Gasteiger partial charge in [0, 0.05) is 17.6 Å². The van der Waals surface area contributed by atoms with Crippen molar-refractivity contribution in [3.8, 4) is 5.82 Å². The molecule has 0 aliphatic rings. The zero-order chi connectivity index (χ0) is 15.6. The van der Waals surface area contributed by atoms with Crippen LogP contribution in [0.4, 0.5) is 5.88 Å². The second kappa shape index (κ2) is 5.46. The number of carbonyl (C=O) groups is 1. The highest BCUT2D eigenvalue weighted by molar-refractivity contribution is 6.06. The molecule has 0 radical (unpaired) electrons. The molecule has 1 N–H and O–H groups in total. The van der Waals surface area contributed by atoms with Gasteiger partial charge in [-0.05, 0) is 30.3 Å². The molecule has 0 spiro atoms. The topological polar surface area (TPSA) is 60.1 Å². The fourth-order valence-electron chi connectivity index (χ4n) is 2.58. The van der Waals surface area contributed by atoms with Crippen LogP contribution in [-0.2, 0) is 0 Å². The molecule has 5 nitrogen and oxygen atoms in total. The van der Waals surface area contributed by atoms with E-state index in [1.54, 1.807) is 18.3 Å². The van der Waals surface area contributed by atoms with E-state index in [4.69, 9.17) is 4.42 Å². The maximum Gasteiger partial charge on any atom is 0.275 e. The van der Waals surface area contributed by atoms with E-state index >= 15 is 0 Å². The van der Waals surface area contributed by atoms with Crippen molar-refractivity contribution in [1.29, 1.82) is 0 Å². The molecular formula is C18H13N3O2. The Kier molecular flexibility index (Phi) is 3.16. The number of rotatable bonds is 3. The molecule has 0 saturated carbocycles. The monoisotopic (exact) mass is 303 g/mol. The lowest BCUT2D eigenvalue weighted by Gasteiger charge is -2.09. The second-order valence-corrected chi connectivity index (χ2v) is 5.04. The van der Waals surface area contributed by atoms with E-state index in [0.29, 0.717) is 17.4 Å². The largest absolute Gasteiger partial charge is 0.449 e. The smallest absolute Gasteiger partial charge is 0.275 e. The molecule has 1 aromatic carbocycles. The molecule has 1 amide bonds. The number of hydrogen-bond acceptors (Lipinski definition) is 3. The van der Waals surface area contributed by atoms with Crippen molar-refractivity contribution < 1.29 is 9.21 Å². The molecule has 3 aromatic heterocycles. The van der Waals surface area contributed by atoms with E-state index in [0.717, 1.165) is 10.9 Å². The number of para-hydroxylation sites is 1. The van der Waals surface area contributed by atoms with Crippen LogP contribution in [0.15, 0.2) is 77.5 Å². The zero-order valence-electron chi connectivity index (χ0n) is 12.1. The van der Waals surface area contributed by atoms with Crippen LogP contribution in [0.1, 0.15) is 10.5 Å². The van der Waals surface area contributed by atoms with Gasteiger partial charge in [-0.1, -0.05) is 24.3 Å². The van der Waals surface area contributed by atoms with E-state index in [1.165, 1.54) is 6.26 Å². The van der Waals surface area contributed by atoms with E-state index in [9.17, 15) is 4.79 Å². The van der Waals surface area contributed by atoms with Crippen molar-refractivity contribution in [2.45, 2.75) is 0 Å². The number of carbonyl (C=O) groups excluding carboxylic acids is 1. The van der Waals surface area contributed by atoms with Crippen LogP contribution in [0.25, 0.3) is 16.7 Å². The maximum atomic E-state index is 12.7. The Labute approximate surface area is 132 Å². The average Bonchev–Trinajstić information content (AvgIpc) is 3.22. The highest BCUT2D eigenvalue weighted by atomic mass is 16.3. The van der Waals surface area contributed by atoms with Crippen molar-refractivity contribution >= 4 is 22.7 Å². The van der Waals surface area contributed by atoms with Crippen LogP contribution >= 0.6 is 0 Å². The van der Waals surface area contributed by atoms with Gasteiger partial charge in [0.2, 0.25) is 0 Å². The molecule has 0 fully saturated rings. The molecule has 5 heteroatoms. The SMILES string of the molecule is O=C(Nc1ccco1)c1cc2ccccc2n1-c1ccccn1. The normalized spacial score (nSPS) is 10.8. The van der Waals surface area contributed by atoms with Crippen LogP contribution in [0, 0.1) is 0 Å². The highest BCUT2D eigenvalue weighted by Crippen LogP contribution is 2.24. The summed E-state index contributed by atoms with van der Waals surface area (Å²) in [4.78, 5) is 17.0. The van der Waals surface area contributed by atoms with Gasteiger partial charge in [0.15, 0.2) is 5.88 Å². The van der Waals surface area contributed by atoms with Gasteiger partial charge in [-0.15, -0.1) is 0 Å². The minimum absolute atomic E-state index is 0.248. The van der Waals surface area contributed by atoms with Gasteiger partial charge in [0.05, 0.1) is 11.8 Å². The number of amides is 1. The second-order valence-electron chi connectivity index (χ2n) is 5.04. The van der Waals surface area contributed by atoms with Crippen molar-refractivity contribution in [1.82, 2.24) is 9.55 Å². The Balaban J connectivity index is 1.87. The quantitative estimate of drug-likeness (QED) is 0.625. The number of pyridine rings is 1. The van der Waals surface area contributed by atoms with Gasteiger partial charge >= 0.3 is 0 Å². The van der Waals surface area contributed by atoms with Crippen LogP contribution in [0.5, 0.6) is 0 Å². The lowest BCUT2D eigenvalue weighted by molar-refractivity contribution is 0.101. The molecule has 0 aliphatic heterocycles. The van der Waals surface area contributed by atoms with Gasteiger partial charge in [-0.2, -0.15) is 0 Å². The van der Waals surface area contributed by atoms with E-state index < -0.39 is 0 Å². The summed E-state index contributed by atoms with van der Waals surface area (Å²) in [5.74, 6) is 0.855. The predicted octanol–water partition coefficient (Wildman–Crippen LogP) is 3.87. The Morgan fingerprint density at radius 2 is 1.91 bits per heavy atom. The van der Waals surface area contributed by atoms with Gasteiger partial charge in [0.1, 0.15) is 11.5 Å². The third kappa shape index (κ3) is 2.38. The number of hydrogen-bond donors (Lipinski definition) is 1. The summed E-state index contributed by atoms with van der Waals surface area (Å²) >= 11 is 0. The summed E-state index contributed by atoms with van der Waals surface area (Å²) in [5, 5.41) is 3.73. The molecular weight excluding hydrogens is 290 g/mol. The number of fused-ring (bicyclic) bond motifs is 1. The molecule has 4 rings (SSSR count). The fraction of sp³-hybridized carbons (Fsp3) is 0. The first kappa shape index (κ1) is 13.3. The third-order valence-corrected chi connectivity index (χ3v) is 3.58. The molecule has 112 valence electrons. The van der Waals surface area contributed by atoms with E-state index in [1.807, 2.05) is 53.1 Å². The Bertz CT molecular complexity index is 957. The third-order valence-electron chi connectivity index (χ3n) is 3.58. The van der Waals surface area contributed by atoms with Gasteiger partial charge in [0.25, 0.3) is 5.91 Å². The first-order chi connectivity index (χ1) is 11.3. The molecule has 0 atom stereocenters. The minimum atomic E-state index is -0.248. The van der Waals surface area contributed by atoms with Gasteiger partial charge < -0.3 is 4.42 Å². The number of furan rings is 1. The van der Waals surface area contributed by atoms with Crippen LogP contribution in [0.2, 0.25) is 0 Å². The minimum Gasteiger partial charge on any atom is -0.449 e. The molecule has 0 bridgehead atoms. The molecule has 3 heterocycles. The fourth-order valence-corrected chi connectivity index (χ4v) is 2.58. The van der Waals surface area contributed by atoms with Crippen LogP contribution in [-0.4, -0.2) is 15.5 Å². The molecule has 23 heavy (non-hydrogen) atoms. The molecule has 0 saturated heterocycles. The Morgan fingerprint density at radius 3 is 2.70 bits per heavy atom. The zero-order valence-corrected chi connectivity index (χ0v) is 12.1. The van der Waals surface area contributed by atoms with E-state index in [2.05, 4.69) is 10.3 Å². The van der Waals surface area contributed by atoms with Gasteiger partial charge in [-0.3, -0.25) is 14.7 Å². The molecule has 4 aromatic rings. The number of nitrogens with one attached hydrogen (secondary N) is 1. The van der Waals surface area contributed by atoms with Crippen LogP contribution < -0.4 is 5.32 Å². The van der Waals surface area contributed by atoms with Gasteiger partial charge in [-0.25, -0.2) is 4.98 Å². The predicted molar refractivity (Wildman–Crippen MR) is 87.7 cm³/mol. The first-order valence-corrected chi connectivity index (χ1v) is 7.20. The van der Waals surface area contributed by atoms with Crippen molar-refractivity contribution in [2.24, 2.45) is 0 Å². The summed E-state index contributed by atoms with van der Waals surface area (Å²) in [6.45, 7) is 0. The number of aromatic nitrogens is 2. The maximum absolute atomic E-state index is 12.7. The number of nitrogens with zero attached hydrogens (tertiary/aromatic N) is 2. The van der Waals surface area contributed by atoms with Crippen molar-refractivity contribution in [3.05, 3.63) is 78.8 Å². The summed E-state index contributed by atoms with van der Waals surface area (Å²) in [7, 11) is 0. The lowest BCUT2D eigenvalue weighted by atomic mass is 10.2. The van der Waals surface area contributed by atoms with Crippen LogP contribution in [0.3, 0.4) is 0 Å². The highest BCUT2D eigenvalue weighted by Gasteiger charge is 2.18. The van der Waals surface area contributed by atoms with E-state index in [-0.39, 0.29) is 5.91 Å². The van der Waals surface area contributed by atoms with Crippen molar-refractivity contribution in [2.75, 3.05) is 5.32 Å². The molecule has 0 aliphatic carbocycles. The Morgan fingerprint density at radius 1 is 1.04 bits per heavy atom. The van der Waals surface area contributed by atoms with Crippen molar-refractivity contribution in [3.63, 3.8) is 0 Å². The number of benzene rings is 1. The lowest BCUT2D eigenvalue weighted by Crippen LogP contribution is -2.16.